The van der Waals surface area contributed by atoms with Crippen molar-refractivity contribution < 1.29 is 13.2 Å². The Hall–Kier alpha value is -4.13. The normalized spacial score (nSPS) is 14.2. The Morgan fingerprint density at radius 2 is 1.81 bits per heavy atom. The predicted octanol–water partition coefficient (Wildman–Crippen LogP) is 5.32. The SMILES string of the molecule is Cc1nc(N[C@H](C)c2cccc(C(F)F)c2F)c2cc(C#Cc3cnn(C)c3)c(N3CCCC3)nc2n1. The van der Waals surface area contributed by atoms with Crippen LogP contribution in [0.5, 0.6) is 0 Å². The van der Waals surface area contributed by atoms with Gasteiger partial charge in [-0.2, -0.15) is 5.10 Å². The third kappa shape index (κ3) is 5.07. The number of halogens is 3. The molecule has 0 aliphatic carbocycles. The van der Waals surface area contributed by atoms with E-state index in [0.717, 1.165) is 43.4 Å². The number of aromatic nitrogens is 5. The van der Waals surface area contributed by atoms with Gasteiger partial charge in [0.25, 0.3) is 6.43 Å². The minimum atomic E-state index is -2.90. The van der Waals surface area contributed by atoms with Crippen LogP contribution in [0.1, 0.15) is 60.3 Å². The first-order valence-electron chi connectivity index (χ1n) is 12.1. The highest BCUT2D eigenvalue weighted by atomic mass is 19.3. The largest absolute Gasteiger partial charge is 0.363 e. The molecule has 37 heavy (non-hydrogen) atoms. The maximum atomic E-state index is 14.8. The summed E-state index contributed by atoms with van der Waals surface area (Å²) in [5.41, 5.74) is 1.47. The van der Waals surface area contributed by atoms with Crippen molar-refractivity contribution in [1.82, 2.24) is 24.7 Å². The van der Waals surface area contributed by atoms with Crippen LogP contribution in [0.2, 0.25) is 0 Å². The van der Waals surface area contributed by atoms with Gasteiger partial charge in [-0.15, -0.1) is 0 Å². The molecule has 1 saturated heterocycles. The van der Waals surface area contributed by atoms with Gasteiger partial charge in [0, 0.05) is 31.9 Å². The zero-order chi connectivity index (χ0) is 26.1. The molecule has 10 heteroatoms. The van der Waals surface area contributed by atoms with Crippen LogP contribution in [0.4, 0.5) is 24.8 Å². The number of pyridine rings is 1. The van der Waals surface area contributed by atoms with E-state index in [1.165, 1.54) is 12.1 Å². The molecule has 0 radical (unpaired) electrons. The van der Waals surface area contributed by atoms with E-state index in [2.05, 4.69) is 37.1 Å². The second-order valence-corrected chi connectivity index (χ2v) is 9.11. The Balaban J connectivity index is 1.59. The number of hydrogen-bond donors (Lipinski definition) is 1. The van der Waals surface area contributed by atoms with Crippen molar-refractivity contribution in [3.63, 3.8) is 0 Å². The van der Waals surface area contributed by atoms with Crippen LogP contribution in [0.3, 0.4) is 0 Å². The average molecular weight is 506 g/mol. The summed E-state index contributed by atoms with van der Waals surface area (Å²) in [7, 11) is 1.83. The molecule has 3 aromatic heterocycles. The third-order valence-electron chi connectivity index (χ3n) is 6.34. The lowest BCUT2D eigenvalue weighted by atomic mass is 10.0. The van der Waals surface area contributed by atoms with Crippen molar-refractivity contribution in [3.05, 3.63) is 70.6 Å². The lowest BCUT2D eigenvalue weighted by Gasteiger charge is -2.21. The summed E-state index contributed by atoms with van der Waals surface area (Å²) in [5.74, 6) is 7.13. The number of fused-ring (bicyclic) bond motifs is 1. The second kappa shape index (κ2) is 10.1. The number of alkyl halides is 2. The predicted molar refractivity (Wildman–Crippen MR) is 136 cm³/mol. The monoisotopic (exact) mass is 505 g/mol. The Bertz CT molecular complexity index is 1510. The first kappa shape index (κ1) is 24.6. The van der Waals surface area contributed by atoms with Gasteiger partial charge in [-0.05, 0) is 32.8 Å². The fourth-order valence-corrected chi connectivity index (χ4v) is 4.51. The molecule has 1 atom stereocenters. The number of aryl methyl sites for hydroxylation is 2. The summed E-state index contributed by atoms with van der Waals surface area (Å²) in [4.78, 5) is 16.1. The number of benzene rings is 1. The van der Waals surface area contributed by atoms with Crippen LogP contribution in [-0.4, -0.2) is 37.8 Å². The van der Waals surface area contributed by atoms with E-state index in [9.17, 15) is 13.2 Å². The van der Waals surface area contributed by atoms with Gasteiger partial charge in [-0.3, -0.25) is 4.68 Å². The van der Waals surface area contributed by atoms with Crippen molar-refractivity contribution >= 4 is 22.7 Å². The lowest BCUT2D eigenvalue weighted by Crippen LogP contribution is -2.20. The van der Waals surface area contributed by atoms with E-state index < -0.39 is 23.8 Å². The molecule has 0 bridgehead atoms. The highest BCUT2D eigenvalue weighted by molar-refractivity contribution is 5.90. The average Bonchev–Trinajstić information content (AvgIpc) is 3.54. The number of anilines is 2. The molecule has 4 heterocycles. The van der Waals surface area contributed by atoms with Gasteiger partial charge in [0.2, 0.25) is 0 Å². The van der Waals surface area contributed by atoms with E-state index in [1.54, 1.807) is 24.7 Å². The van der Waals surface area contributed by atoms with Gasteiger partial charge in [0.15, 0.2) is 5.65 Å². The summed E-state index contributed by atoms with van der Waals surface area (Å²) in [6.45, 7) is 5.21. The molecule has 0 unspecified atom stereocenters. The van der Waals surface area contributed by atoms with E-state index in [4.69, 9.17) is 4.98 Å². The van der Waals surface area contributed by atoms with Gasteiger partial charge >= 0.3 is 0 Å². The molecule has 0 amide bonds. The van der Waals surface area contributed by atoms with Crippen molar-refractivity contribution in [2.45, 2.75) is 39.2 Å². The first-order chi connectivity index (χ1) is 17.8. The Kier molecular flexibility index (Phi) is 6.70. The Morgan fingerprint density at radius 1 is 1.05 bits per heavy atom. The van der Waals surface area contributed by atoms with Crippen molar-refractivity contribution in [1.29, 1.82) is 0 Å². The molecule has 0 saturated carbocycles. The number of nitrogens with one attached hydrogen (secondary N) is 1. The van der Waals surface area contributed by atoms with E-state index in [1.807, 2.05) is 19.3 Å². The molecule has 1 fully saturated rings. The topological polar surface area (TPSA) is 71.8 Å². The Morgan fingerprint density at radius 3 is 2.51 bits per heavy atom. The second-order valence-electron chi connectivity index (χ2n) is 9.11. The summed E-state index contributed by atoms with van der Waals surface area (Å²) in [6.07, 6.45) is 2.78. The van der Waals surface area contributed by atoms with Gasteiger partial charge in [-0.25, -0.2) is 28.1 Å². The van der Waals surface area contributed by atoms with E-state index in [0.29, 0.717) is 28.2 Å². The minimum Gasteiger partial charge on any atom is -0.363 e. The van der Waals surface area contributed by atoms with Crippen molar-refractivity contribution in [2.75, 3.05) is 23.3 Å². The van der Waals surface area contributed by atoms with Gasteiger partial charge in [0.1, 0.15) is 23.3 Å². The minimum absolute atomic E-state index is 0.125. The Labute approximate surface area is 212 Å². The quantitative estimate of drug-likeness (QED) is 0.371. The summed E-state index contributed by atoms with van der Waals surface area (Å²) in [5, 5.41) is 7.97. The molecule has 4 aromatic rings. The summed E-state index contributed by atoms with van der Waals surface area (Å²) >= 11 is 0. The molecular formula is C27H26F3N7. The zero-order valence-corrected chi connectivity index (χ0v) is 20.8. The maximum absolute atomic E-state index is 14.8. The van der Waals surface area contributed by atoms with Crippen LogP contribution in [-0.2, 0) is 7.05 Å². The molecule has 7 nitrogen and oxygen atoms in total. The first-order valence-corrected chi connectivity index (χ1v) is 12.1. The van der Waals surface area contributed by atoms with Crippen molar-refractivity contribution in [2.24, 2.45) is 7.05 Å². The molecule has 1 aromatic carbocycles. The van der Waals surface area contributed by atoms with E-state index >= 15 is 0 Å². The smallest absolute Gasteiger partial charge is 0.266 e. The van der Waals surface area contributed by atoms with Crippen LogP contribution >= 0.6 is 0 Å². The molecule has 1 aliphatic rings. The van der Waals surface area contributed by atoms with Crippen LogP contribution in [0, 0.1) is 24.6 Å². The van der Waals surface area contributed by atoms with Gasteiger partial charge in [-0.1, -0.05) is 30.0 Å². The zero-order valence-electron chi connectivity index (χ0n) is 20.8. The van der Waals surface area contributed by atoms with E-state index in [-0.39, 0.29) is 5.56 Å². The number of nitrogens with zero attached hydrogens (tertiary/aromatic N) is 6. The summed E-state index contributed by atoms with van der Waals surface area (Å²) in [6, 6.07) is 5.26. The summed E-state index contributed by atoms with van der Waals surface area (Å²) < 4.78 is 43.0. The number of rotatable bonds is 5. The maximum Gasteiger partial charge on any atom is 0.266 e. The fourth-order valence-electron chi connectivity index (χ4n) is 4.51. The lowest BCUT2D eigenvalue weighted by molar-refractivity contribution is 0.146. The van der Waals surface area contributed by atoms with Crippen LogP contribution < -0.4 is 10.2 Å². The number of hydrogen-bond acceptors (Lipinski definition) is 6. The molecular weight excluding hydrogens is 479 g/mol. The standard InChI is InChI=1S/C27H26F3N7/c1-16(20-7-6-8-21(23(20)28)24(29)30)32-25-22-13-19(10-9-18-14-31-36(3)15-18)27(37-11-4-5-12-37)35-26(22)34-17(2)33-25/h6-8,13-16,24H,4-5,11-12H2,1-3H3,(H,32,33,34,35)/t16-/m1/s1. The molecule has 1 aliphatic heterocycles. The molecule has 190 valence electrons. The van der Waals surface area contributed by atoms with Crippen molar-refractivity contribution in [3.8, 4) is 11.8 Å². The highest BCUT2D eigenvalue weighted by Gasteiger charge is 2.22. The fraction of sp³-hybridized carbons (Fsp3) is 0.333. The third-order valence-corrected chi connectivity index (χ3v) is 6.34. The van der Waals surface area contributed by atoms with Gasteiger partial charge in [0.05, 0.1) is 34.3 Å². The molecule has 0 spiro atoms. The highest BCUT2D eigenvalue weighted by Crippen LogP contribution is 2.32. The van der Waals surface area contributed by atoms with Crippen LogP contribution in [0.25, 0.3) is 11.0 Å². The van der Waals surface area contributed by atoms with Gasteiger partial charge < -0.3 is 10.2 Å². The molecule has 5 rings (SSSR count). The molecule has 1 N–H and O–H groups in total. The van der Waals surface area contributed by atoms with Crippen LogP contribution in [0.15, 0.2) is 36.7 Å².